The van der Waals surface area contributed by atoms with Gasteiger partial charge in [0.15, 0.2) is 0 Å². The summed E-state index contributed by atoms with van der Waals surface area (Å²) in [6.45, 7) is 9.19. The number of benzene rings is 2. The van der Waals surface area contributed by atoms with Crippen LogP contribution >= 0.6 is 23.5 Å². The fourth-order valence-electron chi connectivity index (χ4n) is 5.96. The van der Waals surface area contributed by atoms with E-state index in [4.69, 9.17) is 11.5 Å². The van der Waals surface area contributed by atoms with Gasteiger partial charge in [0.1, 0.15) is 10.1 Å². The Bertz CT molecular complexity index is 1910. The maximum absolute atomic E-state index is 13.2. The number of rotatable bonds is 0. The number of nitrogen functional groups attached to an aromatic ring is 2. The van der Waals surface area contributed by atoms with Crippen molar-refractivity contribution in [3.05, 3.63) is 69.8 Å². The number of hydrogen-bond acceptors (Lipinski definition) is 12. The largest absolute Gasteiger partial charge is 0.368 e. The van der Waals surface area contributed by atoms with Gasteiger partial charge in [-0.3, -0.25) is 19.2 Å². The van der Waals surface area contributed by atoms with Crippen LogP contribution in [-0.4, -0.2) is 81.2 Å². The molecule has 0 spiro atoms. The van der Waals surface area contributed by atoms with Crippen LogP contribution in [0.15, 0.2) is 46.5 Å². The minimum atomic E-state index is -0.229. The molecule has 8 bridgehead atoms. The number of carbonyl (C=O) groups is 4. The molecule has 2 aromatic heterocycles. The van der Waals surface area contributed by atoms with Crippen LogP contribution in [0, 0.1) is 27.7 Å². The third-order valence-corrected chi connectivity index (χ3v) is 10.5. The zero-order valence-corrected chi connectivity index (χ0v) is 32.6. The van der Waals surface area contributed by atoms with Gasteiger partial charge < -0.3 is 32.7 Å². The normalized spacial score (nSPS) is 15.8. The molecule has 14 nitrogen and oxygen atoms in total. The molecule has 4 amide bonds. The Kier molecular flexibility index (Phi) is 13.8. The van der Waals surface area contributed by atoms with Gasteiger partial charge in [-0.25, -0.2) is 19.9 Å². The van der Waals surface area contributed by atoms with Crippen molar-refractivity contribution in [2.75, 3.05) is 49.2 Å². The van der Waals surface area contributed by atoms with E-state index in [-0.39, 0.29) is 48.4 Å². The summed E-state index contributed by atoms with van der Waals surface area (Å²) in [6.07, 6.45) is 1.61. The molecule has 0 saturated heterocycles. The molecule has 0 unspecified atom stereocenters. The first kappa shape index (κ1) is 40.0. The second kappa shape index (κ2) is 18.7. The van der Waals surface area contributed by atoms with Crippen LogP contribution < -0.4 is 32.7 Å². The zero-order chi connectivity index (χ0) is 38.8. The lowest BCUT2D eigenvalue weighted by Gasteiger charge is -2.14. The molecule has 54 heavy (non-hydrogen) atoms. The Labute approximate surface area is 323 Å². The molecule has 3 heterocycles. The molecule has 1 aliphatic heterocycles. The molecular formula is C38H46N10O4S2. The van der Waals surface area contributed by atoms with Crippen LogP contribution in [0.4, 0.5) is 11.9 Å². The molecule has 284 valence electrons. The first-order chi connectivity index (χ1) is 25.9. The lowest BCUT2D eigenvalue weighted by Crippen LogP contribution is -2.30. The van der Waals surface area contributed by atoms with Gasteiger partial charge in [-0.1, -0.05) is 12.1 Å². The summed E-state index contributed by atoms with van der Waals surface area (Å²) in [5, 5.41) is 13.0. The van der Waals surface area contributed by atoms with Crippen molar-refractivity contribution in [2.24, 2.45) is 0 Å². The summed E-state index contributed by atoms with van der Waals surface area (Å²) in [5.74, 6) is 0.425. The third kappa shape index (κ3) is 10.9. The zero-order valence-electron chi connectivity index (χ0n) is 30.9. The third-order valence-electron chi connectivity index (χ3n) is 8.70. The van der Waals surface area contributed by atoms with Crippen LogP contribution in [0.1, 0.15) is 68.7 Å². The molecule has 0 fully saturated rings. The average molecular weight is 771 g/mol. The van der Waals surface area contributed by atoms with Crippen LogP contribution in [-0.2, 0) is 9.59 Å². The van der Waals surface area contributed by atoms with Gasteiger partial charge in [0.05, 0.1) is 11.4 Å². The van der Waals surface area contributed by atoms with E-state index in [0.29, 0.717) is 83.1 Å². The van der Waals surface area contributed by atoms with Crippen molar-refractivity contribution in [3.63, 3.8) is 0 Å². The monoisotopic (exact) mass is 770 g/mol. The quantitative estimate of drug-likeness (QED) is 0.139. The standard InChI is InChI=1S/C38H46N10O4S2/c1-21-15-23(3)27-17-25(21)29-19-33(47-37(39)45-29)53-13-7-31(49)42-10-6-12-44-36(52)28-18-26(22(2)16-24(28)4)30-20-34(48-38(40)46-30)54-14-8-32(50)41-9-5-11-43-35(27)51/h15-20H,5-14H2,1-4H3,(H,41,50)(H,42,49)(H,43,51)(H,44,52)(H2,39,45,47)(H2,40,46,48). The van der Waals surface area contributed by atoms with Gasteiger partial charge in [0.25, 0.3) is 11.8 Å². The number of hydrogen-bond donors (Lipinski definition) is 6. The number of nitrogens with one attached hydrogen (secondary N) is 4. The fourth-order valence-corrected chi connectivity index (χ4v) is 7.65. The molecule has 0 radical (unpaired) electrons. The van der Waals surface area contributed by atoms with E-state index in [1.54, 1.807) is 0 Å². The molecule has 0 saturated carbocycles. The number of carbonyl (C=O) groups excluding carboxylic acids is 4. The first-order valence-corrected chi connectivity index (χ1v) is 19.7. The Morgan fingerprint density at radius 1 is 0.500 bits per heavy atom. The highest BCUT2D eigenvalue weighted by molar-refractivity contribution is 7.99. The average Bonchev–Trinajstić information content (AvgIpc) is 3.10. The fraction of sp³-hybridized carbons (Fsp3) is 0.368. The number of anilines is 2. The van der Waals surface area contributed by atoms with Crippen molar-refractivity contribution < 1.29 is 19.2 Å². The van der Waals surface area contributed by atoms with E-state index in [2.05, 4.69) is 41.2 Å². The Hall–Kier alpha value is -5.22. The number of aromatic nitrogens is 4. The predicted octanol–water partition coefficient (Wildman–Crippen LogP) is 4.15. The topological polar surface area (TPSA) is 220 Å². The Morgan fingerprint density at radius 2 is 0.870 bits per heavy atom. The lowest BCUT2D eigenvalue weighted by molar-refractivity contribution is -0.121. The Morgan fingerprint density at radius 3 is 1.28 bits per heavy atom. The lowest BCUT2D eigenvalue weighted by atomic mass is 9.97. The van der Waals surface area contributed by atoms with Crippen molar-refractivity contribution >= 4 is 59.0 Å². The van der Waals surface area contributed by atoms with Gasteiger partial charge in [-0.2, -0.15) is 0 Å². The molecule has 16 heteroatoms. The summed E-state index contributed by atoms with van der Waals surface area (Å²) < 4.78 is 0. The highest BCUT2D eigenvalue weighted by Crippen LogP contribution is 2.30. The number of amides is 4. The van der Waals surface area contributed by atoms with Gasteiger partial charge in [0, 0.05) is 72.8 Å². The van der Waals surface area contributed by atoms with Gasteiger partial charge in [-0.05, 0) is 87.1 Å². The SMILES string of the molecule is Cc1cc(C)c2cc1C(=O)NCCCNC(=O)CCSc1cc(nc(N)n1)-c1cc(c(C)cc1C)C(=O)NCCCNC(=O)CCSc1cc-2nc(N)n1. The van der Waals surface area contributed by atoms with Crippen molar-refractivity contribution in [2.45, 2.75) is 63.4 Å². The number of nitrogens with zero attached hydrogens (tertiary/aromatic N) is 4. The van der Waals surface area contributed by atoms with Gasteiger partial charge in [0.2, 0.25) is 23.7 Å². The Balaban J connectivity index is 1.31. The highest BCUT2D eigenvalue weighted by atomic mass is 32.2. The molecule has 2 aromatic carbocycles. The highest BCUT2D eigenvalue weighted by Gasteiger charge is 2.18. The molecule has 4 aromatic rings. The molecule has 1 aliphatic rings. The smallest absolute Gasteiger partial charge is 0.251 e. The molecular weight excluding hydrogens is 725 g/mol. The maximum atomic E-state index is 13.2. The van der Waals surface area contributed by atoms with Crippen molar-refractivity contribution in [3.8, 4) is 22.5 Å². The molecule has 0 aliphatic carbocycles. The summed E-state index contributed by atoms with van der Waals surface area (Å²) in [6, 6.07) is 11.1. The molecule has 8 N–H and O–H groups in total. The van der Waals surface area contributed by atoms with E-state index in [1.807, 2.05) is 64.1 Å². The van der Waals surface area contributed by atoms with Crippen LogP contribution in [0.25, 0.3) is 22.5 Å². The maximum Gasteiger partial charge on any atom is 0.251 e. The molecule has 5 rings (SSSR count). The van der Waals surface area contributed by atoms with E-state index >= 15 is 0 Å². The summed E-state index contributed by atoms with van der Waals surface area (Å²) in [5.41, 5.74) is 19.3. The van der Waals surface area contributed by atoms with E-state index in [9.17, 15) is 19.2 Å². The van der Waals surface area contributed by atoms with E-state index in [0.717, 1.165) is 33.4 Å². The van der Waals surface area contributed by atoms with E-state index in [1.165, 1.54) is 23.5 Å². The second-order valence-corrected chi connectivity index (χ2v) is 15.2. The first-order valence-electron chi connectivity index (χ1n) is 17.8. The van der Waals surface area contributed by atoms with E-state index < -0.39 is 0 Å². The minimum Gasteiger partial charge on any atom is -0.368 e. The predicted molar refractivity (Wildman–Crippen MR) is 213 cm³/mol. The van der Waals surface area contributed by atoms with Crippen LogP contribution in [0.3, 0.4) is 0 Å². The van der Waals surface area contributed by atoms with Crippen molar-refractivity contribution in [1.82, 2.24) is 41.2 Å². The minimum absolute atomic E-state index is 0.0919. The summed E-state index contributed by atoms with van der Waals surface area (Å²) >= 11 is 2.78. The number of fused-ring (bicyclic) bond motifs is 10. The van der Waals surface area contributed by atoms with Gasteiger partial charge >= 0.3 is 0 Å². The number of nitrogens with two attached hydrogens (primary N) is 2. The number of thioether (sulfide) groups is 2. The van der Waals surface area contributed by atoms with Crippen LogP contribution in [0.2, 0.25) is 0 Å². The summed E-state index contributed by atoms with van der Waals surface area (Å²) in [4.78, 5) is 69.3. The van der Waals surface area contributed by atoms with Crippen molar-refractivity contribution in [1.29, 1.82) is 0 Å². The second-order valence-electron chi connectivity index (χ2n) is 13.0. The number of aryl methyl sites for hydroxylation is 4. The summed E-state index contributed by atoms with van der Waals surface area (Å²) in [7, 11) is 0. The van der Waals surface area contributed by atoms with Crippen LogP contribution in [0.5, 0.6) is 0 Å². The van der Waals surface area contributed by atoms with Gasteiger partial charge in [-0.15, -0.1) is 23.5 Å². The molecule has 0 atom stereocenters.